The van der Waals surface area contributed by atoms with Gasteiger partial charge in [-0.15, -0.1) is 0 Å². The van der Waals surface area contributed by atoms with Gasteiger partial charge in [-0.05, 0) is 42.8 Å². The summed E-state index contributed by atoms with van der Waals surface area (Å²) in [6.45, 7) is 3.91. The second-order valence-corrected chi connectivity index (χ2v) is 5.05. The lowest BCUT2D eigenvalue weighted by molar-refractivity contribution is 0.171. The van der Waals surface area contributed by atoms with Gasteiger partial charge in [0, 0.05) is 16.8 Å². The molecule has 1 N–H and O–H groups in total. The van der Waals surface area contributed by atoms with Gasteiger partial charge in [0.2, 0.25) is 0 Å². The fourth-order valence-corrected chi connectivity index (χ4v) is 2.61. The van der Waals surface area contributed by atoms with Crippen LogP contribution in [0.25, 0.3) is 0 Å². The third-order valence-corrected chi connectivity index (χ3v) is 3.61. The number of aliphatic hydroxyl groups is 1. The molecular formula is C14H16N2OS. The van der Waals surface area contributed by atoms with E-state index in [1.54, 1.807) is 6.20 Å². The Labute approximate surface area is 111 Å². The number of benzene rings is 1. The molecule has 94 valence electrons. The Kier molecular flexibility index (Phi) is 4.33. The summed E-state index contributed by atoms with van der Waals surface area (Å²) in [4.78, 5) is 9.61. The summed E-state index contributed by atoms with van der Waals surface area (Å²) >= 11 is 1.49. The van der Waals surface area contributed by atoms with Crippen molar-refractivity contribution >= 4 is 11.8 Å². The fourth-order valence-electron chi connectivity index (χ4n) is 1.64. The SMILES string of the molecule is CC[C@@H](O)c1ccccc1Sc1nccc(C)n1. The maximum absolute atomic E-state index is 9.99. The molecule has 0 amide bonds. The van der Waals surface area contributed by atoms with Gasteiger partial charge in [0.25, 0.3) is 0 Å². The largest absolute Gasteiger partial charge is 0.388 e. The van der Waals surface area contributed by atoms with Crippen LogP contribution >= 0.6 is 11.8 Å². The van der Waals surface area contributed by atoms with Crippen LogP contribution in [0.3, 0.4) is 0 Å². The van der Waals surface area contributed by atoms with Crippen molar-refractivity contribution in [3.05, 3.63) is 47.8 Å². The summed E-state index contributed by atoms with van der Waals surface area (Å²) in [5, 5.41) is 10.7. The van der Waals surface area contributed by atoms with E-state index in [0.29, 0.717) is 11.6 Å². The second kappa shape index (κ2) is 5.98. The van der Waals surface area contributed by atoms with Gasteiger partial charge >= 0.3 is 0 Å². The summed E-state index contributed by atoms with van der Waals surface area (Å²) in [5.74, 6) is 0. The van der Waals surface area contributed by atoms with E-state index in [4.69, 9.17) is 0 Å². The summed E-state index contributed by atoms with van der Waals surface area (Å²) in [6.07, 6.45) is 2.02. The van der Waals surface area contributed by atoms with Crippen LogP contribution in [0.15, 0.2) is 46.6 Å². The molecule has 18 heavy (non-hydrogen) atoms. The number of aryl methyl sites for hydroxylation is 1. The molecule has 2 rings (SSSR count). The Bertz CT molecular complexity index is 531. The van der Waals surface area contributed by atoms with E-state index in [0.717, 1.165) is 16.2 Å². The van der Waals surface area contributed by atoms with E-state index in [1.165, 1.54) is 11.8 Å². The van der Waals surface area contributed by atoms with E-state index in [1.807, 2.05) is 44.2 Å². The quantitative estimate of drug-likeness (QED) is 0.856. The fraction of sp³-hybridized carbons (Fsp3) is 0.286. The van der Waals surface area contributed by atoms with Gasteiger partial charge in [0.05, 0.1) is 6.10 Å². The average molecular weight is 260 g/mol. The van der Waals surface area contributed by atoms with Crippen molar-refractivity contribution in [2.45, 2.75) is 36.4 Å². The molecule has 0 aliphatic carbocycles. The van der Waals surface area contributed by atoms with Crippen molar-refractivity contribution in [2.75, 3.05) is 0 Å². The summed E-state index contributed by atoms with van der Waals surface area (Å²) in [7, 11) is 0. The first-order valence-corrected chi connectivity index (χ1v) is 6.77. The lowest BCUT2D eigenvalue weighted by Gasteiger charge is -2.12. The van der Waals surface area contributed by atoms with E-state index in [2.05, 4.69) is 9.97 Å². The summed E-state index contributed by atoms with van der Waals surface area (Å²) in [5.41, 5.74) is 1.89. The molecule has 0 fully saturated rings. The molecule has 4 heteroatoms. The molecule has 1 heterocycles. The molecule has 1 aromatic carbocycles. The molecule has 2 aromatic rings. The van der Waals surface area contributed by atoms with Gasteiger partial charge in [0.15, 0.2) is 5.16 Å². The smallest absolute Gasteiger partial charge is 0.192 e. The van der Waals surface area contributed by atoms with Crippen molar-refractivity contribution in [1.82, 2.24) is 9.97 Å². The lowest BCUT2D eigenvalue weighted by Crippen LogP contribution is -1.98. The molecule has 1 aromatic heterocycles. The topological polar surface area (TPSA) is 46.0 Å². The third-order valence-electron chi connectivity index (χ3n) is 2.64. The predicted molar refractivity (Wildman–Crippen MR) is 72.6 cm³/mol. The molecule has 0 unspecified atom stereocenters. The van der Waals surface area contributed by atoms with Gasteiger partial charge in [-0.2, -0.15) is 0 Å². The molecule has 0 spiro atoms. The molecule has 0 aliphatic heterocycles. The Hall–Kier alpha value is -1.39. The number of nitrogens with zero attached hydrogens (tertiary/aromatic N) is 2. The highest BCUT2D eigenvalue weighted by molar-refractivity contribution is 7.99. The van der Waals surface area contributed by atoms with Crippen LogP contribution < -0.4 is 0 Å². The van der Waals surface area contributed by atoms with Crippen molar-refractivity contribution in [3.8, 4) is 0 Å². The zero-order chi connectivity index (χ0) is 13.0. The molecule has 0 aliphatic rings. The van der Waals surface area contributed by atoms with Gasteiger partial charge in [-0.25, -0.2) is 9.97 Å². The maximum Gasteiger partial charge on any atom is 0.192 e. The minimum atomic E-state index is -0.432. The van der Waals surface area contributed by atoms with E-state index in [-0.39, 0.29) is 0 Å². The first-order chi connectivity index (χ1) is 8.70. The Morgan fingerprint density at radius 1 is 1.28 bits per heavy atom. The van der Waals surface area contributed by atoms with Gasteiger partial charge in [0.1, 0.15) is 0 Å². The number of rotatable bonds is 4. The van der Waals surface area contributed by atoms with Gasteiger partial charge in [-0.3, -0.25) is 0 Å². The minimum absolute atomic E-state index is 0.432. The highest BCUT2D eigenvalue weighted by atomic mass is 32.2. The zero-order valence-electron chi connectivity index (χ0n) is 10.5. The van der Waals surface area contributed by atoms with Crippen LogP contribution in [0, 0.1) is 6.92 Å². The zero-order valence-corrected chi connectivity index (χ0v) is 11.3. The van der Waals surface area contributed by atoms with Crippen LogP contribution in [-0.2, 0) is 0 Å². The van der Waals surface area contributed by atoms with Crippen LogP contribution in [0.2, 0.25) is 0 Å². The van der Waals surface area contributed by atoms with Crippen LogP contribution in [0.4, 0.5) is 0 Å². The normalized spacial score (nSPS) is 12.4. The molecule has 0 saturated carbocycles. The highest BCUT2D eigenvalue weighted by Crippen LogP contribution is 2.32. The first-order valence-electron chi connectivity index (χ1n) is 5.95. The van der Waals surface area contributed by atoms with E-state index < -0.39 is 6.10 Å². The summed E-state index contributed by atoms with van der Waals surface area (Å²) in [6, 6.07) is 9.72. The minimum Gasteiger partial charge on any atom is -0.388 e. The van der Waals surface area contributed by atoms with Gasteiger partial charge < -0.3 is 5.11 Å². The Morgan fingerprint density at radius 3 is 2.78 bits per heavy atom. The molecule has 0 radical (unpaired) electrons. The molecule has 0 saturated heterocycles. The van der Waals surface area contributed by atoms with Gasteiger partial charge in [-0.1, -0.05) is 25.1 Å². The third kappa shape index (κ3) is 3.09. The van der Waals surface area contributed by atoms with Crippen LogP contribution in [-0.4, -0.2) is 15.1 Å². The van der Waals surface area contributed by atoms with Crippen molar-refractivity contribution in [2.24, 2.45) is 0 Å². The standard InChI is InChI=1S/C14H16N2OS/c1-3-12(17)11-6-4-5-7-13(11)18-14-15-9-8-10(2)16-14/h4-9,12,17H,3H2,1-2H3/t12-/m1/s1. The number of hydrogen-bond donors (Lipinski definition) is 1. The first kappa shape index (κ1) is 13.1. The van der Waals surface area contributed by atoms with E-state index in [9.17, 15) is 5.11 Å². The summed E-state index contributed by atoms with van der Waals surface area (Å²) < 4.78 is 0. The number of hydrogen-bond acceptors (Lipinski definition) is 4. The Balaban J connectivity index is 2.29. The molecule has 3 nitrogen and oxygen atoms in total. The maximum atomic E-state index is 9.99. The van der Waals surface area contributed by atoms with Crippen LogP contribution in [0.1, 0.15) is 30.7 Å². The molecular weight excluding hydrogens is 244 g/mol. The van der Waals surface area contributed by atoms with Crippen LogP contribution in [0.5, 0.6) is 0 Å². The predicted octanol–water partition coefficient (Wildman–Crippen LogP) is 3.38. The van der Waals surface area contributed by atoms with E-state index >= 15 is 0 Å². The van der Waals surface area contributed by atoms with Crippen molar-refractivity contribution in [1.29, 1.82) is 0 Å². The molecule has 1 atom stereocenters. The average Bonchev–Trinajstić information content (AvgIpc) is 2.38. The highest BCUT2D eigenvalue weighted by Gasteiger charge is 2.11. The monoisotopic (exact) mass is 260 g/mol. The lowest BCUT2D eigenvalue weighted by atomic mass is 10.1. The molecule has 0 bridgehead atoms. The number of aromatic nitrogens is 2. The van der Waals surface area contributed by atoms with Crippen molar-refractivity contribution in [3.63, 3.8) is 0 Å². The second-order valence-electron chi connectivity index (χ2n) is 4.04. The Morgan fingerprint density at radius 2 is 2.06 bits per heavy atom. The number of aliphatic hydroxyl groups excluding tert-OH is 1. The van der Waals surface area contributed by atoms with Crippen molar-refractivity contribution < 1.29 is 5.11 Å².